The number of aliphatic hydroxyl groups excluding tert-OH is 1. The molecule has 1 heterocycles. The van der Waals surface area contributed by atoms with E-state index in [0.29, 0.717) is 35.1 Å². The molecule has 2 rings (SSSR count). The fourth-order valence-corrected chi connectivity index (χ4v) is 2.16. The third kappa shape index (κ3) is 4.50. The minimum absolute atomic E-state index is 0.0319. The smallest absolute Gasteiger partial charge is 0.276 e. The van der Waals surface area contributed by atoms with Crippen molar-refractivity contribution in [3.05, 3.63) is 29.3 Å². The molecule has 0 amide bonds. The second-order valence-corrected chi connectivity index (χ2v) is 5.05. The molecule has 2 aromatic rings. The van der Waals surface area contributed by atoms with E-state index in [1.807, 2.05) is 12.1 Å². The van der Waals surface area contributed by atoms with Crippen molar-refractivity contribution in [2.75, 3.05) is 25.6 Å². The van der Waals surface area contributed by atoms with Gasteiger partial charge in [0.2, 0.25) is 5.89 Å². The molecule has 0 unspecified atom stereocenters. The van der Waals surface area contributed by atoms with Gasteiger partial charge in [0, 0.05) is 16.3 Å². The Bertz CT molecular complexity index is 521. The van der Waals surface area contributed by atoms with Gasteiger partial charge in [0.05, 0.1) is 19.8 Å². The number of benzene rings is 1. The average Bonchev–Trinajstić information content (AvgIpc) is 2.87. The Morgan fingerprint density at radius 3 is 3.00 bits per heavy atom. The van der Waals surface area contributed by atoms with Gasteiger partial charge in [-0.15, -0.1) is 10.2 Å². The van der Waals surface area contributed by atoms with E-state index < -0.39 is 0 Å². The van der Waals surface area contributed by atoms with Gasteiger partial charge >= 0.3 is 0 Å². The number of nitrogens with zero attached hydrogens (tertiary/aromatic N) is 2. The summed E-state index contributed by atoms with van der Waals surface area (Å²) in [6, 6.07) is 7.25. The van der Waals surface area contributed by atoms with Gasteiger partial charge in [0.25, 0.3) is 5.22 Å². The van der Waals surface area contributed by atoms with Crippen LogP contribution >= 0.6 is 23.4 Å². The van der Waals surface area contributed by atoms with Crippen molar-refractivity contribution in [2.45, 2.75) is 5.22 Å². The van der Waals surface area contributed by atoms with Crippen LogP contribution in [0, 0.1) is 0 Å². The molecule has 0 radical (unpaired) electrons. The molecule has 0 saturated heterocycles. The molecule has 5 nitrogen and oxygen atoms in total. The number of aliphatic hydroxyl groups is 1. The van der Waals surface area contributed by atoms with Gasteiger partial charge in [0.1, 0.15) is 0 Å². The van der Waals surface area contributed by atoms with Gasteiger partial charge < -0.3 is 14.3 Å². The predicted octanol–water partition coefficient (Wildman–Crippen LogP) is 2.49. The molecule has 0 fully saturated rings. The molecule has 0 aliphatic rings. The highest BCUT2D eigenvalue weighted by Crippen LogP contribution is 2.24. The van der Waals surface area contributed by atoms with E-state index in [-0.39, 0.29) is 6.61 Å². The molecule has 19 heavy (non-hydrogen) atoms. The van der Waals surface area contributed by atoms with Crippen molar-refractivity contribution in [2.24, 2.45) is 0 Å². The number of hydrogen-bond acceptors (Lipinski definition) is 6. The van der Waals surface area contributed by atoms with Crippen LogP contribution in [0.3, 0.4) is 0 Å². The molecule has 0 bridgehead atoms. The first kappa shape index (κ1) is 14.3. The molecule has 0 aliphatic carbocycles. The van der Waals surface area contributed by atoms with Crippen LogP contribution in [0.5, 0.6) is 0 Å². The van der Waals surface area contributed by atoms with Crippen molar-refractivity contribution >= 4 is 23.4 Å². The van der Waals surface area contributed by atoms with Crippen LogP contribution in [0.4, 0.5) is 0 Å². The third-order valence-corrected chi connectivity index (χ3v) is 3.18. The highest BCUT2D eigenvalue weighted by Gasteiger charge is 2.09. The van der Waals surface area contributed by atoms with Gasteiger partial charge in [-0.05, 0) is 18.2 Å². The zero-order valence-electron chi connectivity index (χ0n) is 10.1. The Hall–Kier alpha value is -1.08. The summed E-state index contributed by atoms with van der Waals surface area (Å²) < 4.78 is 10.6. The monoisotopic (exact) mass is 300 g/mol. The Morgan fingerprint density at radius 1 is 1.32 bits per heavy atom. The highest BCUT2D eigenvalue weighted by molar-refractivity contribution is 7.99. The Kier molecular flexibility index (Phi) is 5.65. The van der Waals surface area contributed by atoms with E-state index in [1.54, 1.807) is 12.1 Å². The minimum atomic E-state index is 0.0319. The van der Waals surface area contributed by atoms with Gasteiger partial charge in [-0.1, -0.05) is 29.4 Å². The SMILES string of the molecule is OCCOCCSc1nnc(-c2cccc(Cl)c2)o1. The van der Waals surface area contributed by atoms with Crippen molar-refractivity contribution in [3.63, 3.8) is 0 Å². The number of thioether (sulfide) groups is 1. The predicted molar refractivity (Wildman–Crippen MR) is 73.4 cm³/mol. The van der Waals surface area contributed by atoms with Gasteiger partial charge in [-0.2, -0.15) is 0 Å². The molecule has 102 valence electrons. The summed E-state index contributed by atoms with van der Waals surface area (Å²) in [6.07, 6.45) is 0. The second kappa shape index (κ2) is 7.49. The van der Waals surface area contributed by atoms with E-state index in [9.17, 15) is 0 Å². The lowest BCUT2D eigenvalue weighted by Gasteiger charge is -1.99. The van der Waals surface area contributed by atoms with Gasteiger partial charge in [-0.3, -0.25) is 0 Å². The summed E-state index contributed by atoms with van der Waals surface area (Å²) in [5.41, 5.74) is 0.795. The number of ether oxygens (including phenoxy) is 1. The van der Waals surface area contributed by atoms with E-state index >= 15 is 0 Å². The van der Waals surface area contributed by atoms with Crippen molar-refractivity contribution in [1.29, 1.82) is 0 Å². The zero-order chi connectivity index (χ0) is 13.5. The molecule has 7 heteroatoms. The molecule has 0 aliphatic heterocycles. The number of aromatic nitrogens is 2. The zero-order valence-corrected chi connectivity index (χ0v) is 11.7. The van der Waals surface area contributed by atoms with Crippen LogP contribution in [0.2, 0.25) is 5.02 Å². The Balaban J connectivity index is 1.88. The van der Waals surface area contributed by atoms with Crippen LogP contribution in [0.25, 0.3) is 11.5 Å². The minimum Gasteiger partial charge on any atom is -0.411 e. The van der Waals surface area contributed by atoms with Gasteiger partial charge in [0.15, 0.2) is 0 Å². The Labute approximate surface area is 119 Å². The lowest BCUT2D eigenvalue weighted by molar-refractivity contribution is 0.103. The summed E-state index contributed by atoms with van der Waals surface area (Å²) in [5, 5.41) is 17.6. The van der Waals surface area contributed by atoms with Crippen molar-refractivity contribution in [3.8, 4) is 11.5 Å². The molecular formula is C12H13ClN2O3S. The lowest BCUT2D eigenvalue weighted by atomic mass is 10.2. The maximum absolute atomic E-state index is 8.55. The fourth-order valence-electron chi connectivity index (χ4n) is 1.36. The normalized spacial score (nSPS) is 10.8. The number of rotatable bonds is 7. The van der Waals surface area contributed by atoms with Crippen LogP contribution in [-0.2, 0) is 4.74 Å². The van der Waals surface area contributed by atoms with Crippen molar-refractivity contribution < 1.29 is 14.3 Å². The largest absolute Gasteiger partial charge is 0.411 e. The topological polar surface area (TPSA) is 68.4 Å². The molecule has 0 spiro atoms. The van der Waals surface area contributed by atoms with Crippen LogP contribution in [-0.4, -0.2) is 40.9 Å². The molecule has 1 aromatic heterocycles. The van der Waals surface area contributed by atoms with Crippen molar-refractivity contribution in [1.82, 2.24) is 10.2 Å². The summed E-state index contributed by atoms with van der Waals surface area (Å²) >= 11 is 7.31. The van der Waals surface area contributed by atoms with E-state index in [2.05, 4.69) is 10.2 Å². The summed E-state index contributed by atoms with van der Waals surface area (Å²) in [6.45, 7) is 0.905. The fraction of sp³-hybridized carbons (Fsp3) is 0.333. The summed E-state index contributed by atoms with van der Waals surface area (Å²) in [4.78, 5) is 0. The second-order valence-electron chi connectivity index (χ2n) is 3.57. The molecule has 0 atom stereocenters. The maximum atomic E-state index is 8.55. The standard InChI is InChI=1S/C12H13ClN2O3S/c13-10-3-1-2-9(8-10)11-14-15-12(18-11)19-7-6-17-5-4-16/h1-3,8,16H,4-7H2. The van der Waals surface area contributed by atoms with Crippen LogP contribution in [0.1, 0.15) is 0 Å². The summed E-state index contributed by atoms with van der Waals surface area (Å²) in [7, 11) is 0. The molecule has 1 N–H and O–H groups in total. The van der Waals surface area contributed by atoms with E-state index in [1.165, 1.54) is 11.8 Å². The summed E-state index contributed by atoms with van der Waals surface area (Å²) in [5.74, 6) is 1.14. The Morgan fingerprint density at radius 2 is 2.21 bits per heavy atom. The quantitative estimate of drug-likeness (QED) is 0.626. The third-order valence-electron chi connectivity index (χ3n) is 2.17. The van der Waals surface area contributed by atoms with Crippen LogP contribution in [0.15, 0.2) is 33.9 Å². The van der Waals surface area contributed by atoms with E-state index in [0.717, 1.165) is 5.56 Å². The molecule has 1 aromatic carbocycles. The van der Waals surface area contributed by atoms with Crippen LogP contribution < -0.4 is 0 Å². The molecule has 0 saturated carbocycles. The maximum Gasteiger partial charge on any atom is 0.276 e. The molecular weight excluding hydrogens is 288 g/mol. The lowest BCUT2D eigenvalue weighted by Crippen LogP contribution is -2.02. The first-order valence-corrected chi connectivity index (χ1v) is 7.07. The first-order valence-electron chi connectivity index (χ1n) is 5.70. The first-order chi connectivity index (χ1) is 9.29. The average molecular weight is 301 g/mol. The number of hydrogen-bond donors (Lipinski definition) is 1. The van der Waals surface area contributed by atoms with Gasteiger partial charge in [-0.25, -0.2) is 0 Å². The van der Waals surface area contributed by atoms with E-state index in [4.69, 9.17) is 25.9 Å². The number of halogens is 1. The highest BCUT2D eigenvalue weighted by atomic mass is 35.5.